The maximum atomic E-state index is 12.6. The van der Waals surface area contributed by atoms with Gasteiger partial charge in [0.2, 0.25) is 0 Å². The van der Waals surface area contributed by atoms with E-state index in [0.717, 1.165) is 0 Å². The van der Waals surface area contributed by atoms with E-state index in [0.29, 0.717) is 11.3 Å². The fourth-order valence-corrected chi connectivity index (χ4v) is 1.84. The third-order valence-corrected chi connectivity index (χ3v) is 2.67. The van der Waals surface area contributed by atoms with Gasteiger partial charge < -0.3 is 10.0 Å². The monoisotopic (exact) mass is 261 g/mol. The summed E-state index contributed by atoms with van der Waals surface area (Å²) >= 11 is 0. The van der Waals surface area contributed by atoms with E-state index in [1.807, 2.05) is 0 Å². The van der Waals surface area contributed by atoms with Gasteiger partial charge in [-0.1, -0.05) is 18.2 Å². The average molecular weight is 261 g/mol. The molecular weight excluding hydrogens is 243 g/mol. The Morgan fingerprint density at radius 3 is 2.17 bits per heavy atom. The average Bonchev–Trinajstić information content (AvgIpc) is 2.24. The molecule has 0 saturated carbocycles. The number of aliphatic hydroxyl groups excluding tert-OH is 1. The Balaban J connectivity index is 3.14. The van der Waals surface area contributed by atoms with Crippen LogP contribution in [0.25, 0.3) is 0 Å². The first kappa shape index (κ1) is 14.8. The molecule has 1 rings (SSSR count). The lowest BCUT2D eigenvalue weighted by molar-refractivity contribution is -0.120. The van der Waals surface area contributed by atoms with E-state index in [1.54, 1.807) is 45.0 Å². The smallest absolute Gasteiger partial charge is 0.389 e. The summed E-state index contributed by atoms with van der Waals surface area (Å²) in [5, 5.41) is 9.63. The minimum atomic E-state index is -4.27. The van der Waals surface area contributed by atoms with Crippen molar-refractivity contribution in [2.75, 3.05) is 11.4 Å². The lowest BCUT2D eigenvalue weighted by Gasteiger charge is -2.32. The number of para-hydroxylation sites is 1. The number of hydrogen-bond acceptors (Lipinski definition) is 2. The molecule has 2 nitrogen and oxygen atoms in total. The van der Waals surface area contributed by atoms with Gasteiger partial charge in [-0.05, 0) is 26.8 Å². The Morgan fingerprint density at radius 1 is 1.17 bits per heavy atom. The molecule has 1 aromatic carbocycles. The molecule has 0 aliphatic carbocycles. The second-order valence-electron chi connectivity index (χ2n) is 4.57. The number of hydrogen-bond donors (Lipinski definition) is 1. The molecule has 0 bridgehead atoms. The van der Waals surface area contributed by atoms with E-state index in [1.165, 1.54) is 4.90 Å². The molecule has 0 aliphatic heterocycles. The summed E-state index contributed by atoms with van der Waals surface area (Å²) in [6.45, 7) is 3.93. The minimum absolute atomic E-state index is 0.300. The van der Waals surface area contributed by atoms with Crippen LogP contribution in [0, 0.1) is 0 Å². The van der Waals surface area contributed by atoms with Crippen molar-refractivity contribution in [3.8, 4) is 0 Å². The molecule has 0 spiro atoms. The number of rotatable bonds is 4. The van der Waals surface area contributed by atoms with E-state index in [-0.39, 0.29) is 6.04 Å². The summed E-state index contributed by atoms with van der Waals surface area (Å²) in [6, 6.07) is 6.33. The Hall–Kier alpha value is -1.23. The minimum Gasteiger partial charge on any atom is -0.389 e. The van der Waals surface area contributed by atoms with Crippen molar-refractivity contribution in [3.63, 3.8) is 0 Å². The molecule has 0 saturated heterocycles. The van der Waals surface area contributed by atoms with Gasteiger partial charge in [0, 0.05) is 17.3 Å². The largest absolute Gasteiger partial charge is 0.405 e. The summed E-state index contributed by atoms with van der Waals surface area (Å²) in [5.41, 5.74) is 0.940. The zero-order valence-corrected chi connectivity index (χ0v) is 10.7. The van der Waals surface area contributed by atoms with Crippen molar-refractivity contribution < 1.29 is 18.3 Å². The van der Waals surface area contributed by atoms with Crippen LogP contribution < -0.4 is 4.90 Å². The number of nitrogens with zero attached hydrogens (tertiary/aromatic N) is 1. The third-order valence-electron chi connectivity index (χ3n) is 2.67. The van der Waals surface area contributed by atoms with E-state index in [9.17, 15) is 18.3 Å². The third kappa shape index (κ3) is 3.91. The van der Waals surface area contributed by atoms with Crippen molar-refractivity contribution in [2.24, 2.45) is 0 Å². The Morgan fingerprint density at radius 2 is 1.72 bits per heavy atom. The van der Waals surface area contributed by atoms with Gasteiger partial charge in [0.15, 0.2) is 0 Å². The van der Waals surface area contributed by atoms with E-state index >= 15 is 0 Å². The molecule has 102 valence electrons. The topological polar surface area (TPSA) is 23.5 Å². The molecular formula is C13H18F3NO. The van der Waals surface area contributed by atoms with Gasteiger partial charge >= 0.3 is 6.18 Å². The van der Waals surface area contributed by atoms with Gasteiger partial charge in [-0.15, -0.1) is 0 Å². The quantitative estimate of drug-likeness (QED) is 0.896. The zero-order valence-electron chi connectivity index (χ0n) is 10.7. The van der Waals surface area contributed by atoms with Gasteiger partial charge in [-0.2, -0.15) is 13.2 Å². The predicted molar refractivity (Wildman–Crippen MR) is 65.6 cm³/mol. The Bertz CT molecular complexity index is 388. The highest BCUT2D eigenvalue weighted by Crippen LogP contribution is 2.30. The second-order valence-corrected chi connectivity index (χ2v) is 4.57. The molecule has 1 aromatic rings. The molecule has 1 N–H and O–H groups in total. The van der Waals surface area contributed by atoms with Crippen LogP contribution in [0.15, 0.2) is 24.3 Å². The number of aliphatic hydroxyl groups is 1. The van der Waals surface area contributed by atoms with Crippen molar-refractivity contribution in [2.45, 2.75) is 39.1 Å². The second kappa shape index (κ2) is 5.61. The van der Waals surface area contributed by atoms with Gasteiger partial charge in [0.1, 0.15) is 6.54 Å². The van der Waals surface area contributed by atoms with Crippen LogP contribution in [-0.2, 0) is 0 Å². The highest BCUT2D eigenvalue weighted by molar-refractivity contribution is 5.55. The van der Waals surface area contributed by atoms with Gasteiger partial charge in [-0.25, -0.2) is 0 Å². The summed E-state index contributed by atoms with van der Waals surface area (Å²) < 4.78 is 37.7. The normalized spacial score (nSPS) is 13.8. The van der Waals surface area contributed by atoms with Crippen molar-refractivity contribution in [1.29, 1.82) is 0 Å². The highest BCUT2D eigenvalue weighted by Gasteiger charge is 2.32. The lowest BCUT2D eigenvalue weighted by atomic mass is 10.1. The van der Waals surface area contributed by atoms with E-state index in [2.05, 4.69) is 0 Å². The first-order valence-electron chi connectivity index (χ1n) is 5.82. The van der Waals surface area contributed by atoms with Crippen molar-refractivity contribution >= 4 is 5.69 Å². The van der Waals surface area contributed by atoms with E-state index in [4.69, 9.17) is 0 Å². The summed E-state index contributed by atoms with van der Waals surface area (Å²) in [6.07, 6.45) is -5.06. The number of alkyl halides is 3. The summed E-state index contributed by atoms with van der Waals surface area (Å²) in [5.74, 6) is 0. The van der Waals surface area contributed by atoms with Crippen molar-refractivity contribution in [1.82, 2.24) is 0 Å². The zero-order chi connectivity index (χ0) is 13.9. The Kier molecular flexibility index (Phi) is 4.62. The number of benzene rings is 1. The molecule has 1 atom stereocenters. The highest BCUT2D eigenvalue weighted by atomic mass is 19.4. The molecule has 0 amide bonds. The fraction of sp³-hybridized carbons (Fsp3) is 0.538. The lowest BCUT2D eigenvalue weighted by Crippen LogP contribution is -2.39. The maximum Gasteiger partial charge on any atom is 0.405 e. The molecule has 0 aliphatic rings. The maximum absolute atomic E-state index is 12.6. The molecule has 5 heteroatoms. The SMILES string of the molecule is CC(C)N(CC(F)(F)F)c1ccccc1[C@@H](C)O. The number of anilines is 1. The van der Waals surface area contributed by atoms with Crippen LogP contribution in [0.3, 0.4) is 0 Å². The standard InChI is InChI=1S/C13H18F3NO/c1-9(2)17(8-13(14,15)16)12-7-5-4-6-11(12)10(3)18/h4-7,9-10,18H,8H2,1-3H3/t10-/m1/s1. The first-order chi connectivity index (χ1) is 8.22. The van der Waals surface area contributed by atoms with Crippen LogP contribution in [-0.4, -0.2) is 23.9 Å². The van der Waals surface area contributed by atoms with Crippen LogP contribution in [0.4, 0.5) is 18.9 Å². The van der Waals surface area contributed by atoms with Gasteiger partial charge in [-0.3, -0.25) is 0 Å². The summed E-state index contributed by atoms with van der Waals surface area (Å²) in [4.78, 5) is 1.25. The van der Waals surface area contributed by atoms with Crippen LogP contribution >= 0.6 is 0 Å². The van der Waals surface area contributed by atoms with Crippen molar-refractivity contribution in [3.05, 3.63) is 29.8 Å². The molecule has 0 fully saturated rings. The van der Waals surface area contributed by atoms with Gasteiger partial charge in [0.25, 0.3) is 0 Å². The van der Waals surface area contributed by atoms with Crippen LogP contribution in [0.5, 0.6) is 0 Å². The number of halogens is 3. The van der Waals surface area contributed by atoms with E-state index < -0.39 is 18.8 Å². The molecule has 0 unspecified atom stereocenters. The summed E-state index contributed by atoms with van der Waals surface area (Å²) in [7, 11) is 0. The predicted octanol–water partition coefficient (Wildman–Crippen LogP) is 3.52. The van der Waals surface area contributed by atoms with Gasteiger partial charge in [0.05, 0.1) is 6.10 Å². The molecule has 0 heterocycles. The molecule has 0 radical (unpaired) electrons. The van der Waals surface area contributed by atoms with Crippen LogP contribution in [0.2, 0.25) is 0 Å². The van der Waals surface area contributed by atoms with Crippen LogP contribution in [0.1, 0.15) is 32.4 Å². The molecule has 18 heavy (non-hydrogen) atoms. The Labute approximate surface area is 105 Å². The fourth-order valence-electron chi connectivity index (χ4n) is 1.84. The first-order valence-corrected chi connectivity index (χ1v) is 5.82. The molecule has 0 aromatic heterocycles.